The maximum atomic E-state index is 13.0. The fraction of sp³-hybridized carbons (Fsp3) is 0.318. The van der Waals surface area contributed by atoms with E-state index in [9.17, 15) is 9.90 Å². The second-order valence-electron chi connectivity index (χ2n) is 7.24. The summed E-state index contributed by atoms with van der Waals surface area (Å²) in [6, 6.07) is 14.9. The lowest BCUT2D eigenvalue weighted by Gasteiger charge is -2.21. The van der Waals surface area contributed by atoms with Crippen molar-refractivity contribution in [2.45, 2.75) is 19.9 Å². The number of aromatic hydroxyl groups is 1. The summed E-state index contributed by atoms with van der Waals surface area (Å²) in [7, 11) is 0. The molecule has 0 spiro atoms. The Morgan fingerprint density at radius 1 is 1.00 bits per heavy atom. The number of rotatable bonds is 3. The zero-order chi connectivity index (χ0) is 19.5. The number of fused-ring (bicyclic) bond motifs is 1. The van der Waals surface area contributed by atoms with Gasteiger partial charge < -0.3 is 10.0 Å². The first-order chi connectivity index (χ1) is 13.6. The monoisotopic (exact) mass is 376 g/mol. The van der Waals surface area contributed by atoms with E-state index in [2.05, 4.69) is 14.9 Å². The molecule has 6 nitrogen and oxygen atoms in total. The average molecular weight is 376 g/mol. The Kier molecular flexibility index (Phi) is 5.21. The van der Waals surface area contributed by atoms with E-state index in [1.165, 1.54) is 0 Å². The Labute approximate surface area is 164 Å². The number of carbonyl (C=O) groups is 1. The summed E-state index contributed by atoms with van der Waals surface area (Å²) in [5.41, 5.74) is 2.93. The Morgan fingerprint density at radius 3 is 2.71 bits per heavy atom. The summed E-state index contributed by atoms with van der Waals surface area (Å²) in [6.45, 7) is 5.90. The number of hydrogen-bond donors (Lipinski definition) is 1. The Hall–Kier alpha value is -2.99. The van der Waals surface area contributed by atoms with Crippen LogP contribution in [0.15, 0.2) is 48.5 Å². The first kappa shape index (κ1) is 18.4. The highest BCUT2D eigenvalue weighted by Crippen LogP contribution is 2.23. The number of phenols is 1. The van der Waals surface area contributed by atoms with Crippen molar-refractivity contribution in [3.05, 3.63) is 65.6 Å². The van der Waals surface area contributed by atoms with Crippen LogP contribution in [-0.2, 0) is 6.54 Å². The molecule has 0 unspecified atom stereocenters. The standard InChI is InChI=1S/C22H24N4O2/c1-16-5-2-7-18(23-16)15-25-11-4-12-26(14-13-25)22(28)19-10-9-17-6-3-8-20(27)21(17)24-19/h2-3,5-10,27H,4,11-15H2,1H3. The van der Waals surface area contributed by atoms with Crippen LogP contribution in [0.5, 0.6) is 5.75 Å². The van der Waals surface area contributed by atoms with Gasteiger partial charge in [-0.1, -0.05) is 24.3 Å². The predicted molar refractivity (Wildman–Crippen MR) is 108 cm³/mol. The van der Waals surface area contributed by atoms with E-state index in [4.69, 9.17) is 0 Å². The maximum Gasteiger partial charge on any atom is 0.272 e. The van der Waals surface area contributed by atoms with E-state index < -0.39 is 0 Å². The minimum atomic E-state index is -0.0827. The molecule has 0 bridgehead atoms. The molecule has 6 heteroatoms. The molecular weight excluding hydrogens is 352 g/mol. The summed E-state index contributed by atoms with van der Waals surface area (Å²) < 4.78 is 0. The van der Waals surface area contributed by atoms with Crippen molar-refractivity contribution in [2.75, 3.05) is 26.2 Å². The Bertz CT molecular complexity index is 1000. The molecule has 1 N–H and O–H groups in total. The lowest BCUT2D eigenvalue weighted by atomic mass is 10.2. The zero-order valence-corrected chi connectivity index (χ0v) is 16.0. The van der Waals surface area contributed by atoms with Crippen molar-refractivity contribution in [1.29, 1.82) is 0 Å². The number of aromatic nitrogens is 2. The van der Waals surface area contributed by atoms with Gasteiger partial charge in [0, 0.05) is 43.8 Å². The highest BCUT2D eigenvalue weighted by molar-refractivity contribution is 5.96. The van der Waals surface area contributed by atoms with E-state index in [-0.39, 0.29) is 11.7 Å². The van der Waals surface area contributed by atoms with Crippen molar-refractivity contribution in [3.8, 4) is 5.75 Å². The average Bonchev–Trinajstić information content (AvgIpc) is 2.93. The van der Waals surface area contributed by atoms with Crippen molar-refractivity contribution in [3.63, 3.8) is 0 Å². The molecule has 144 valence electrons. The molecule has 3 heterocycles. The van der Waals surface area contributed by atoms with Crippen molar-refractivity contribution in [1.82, 2.24) is 19.8 Å². The topological polar surface area (TPSA) is 69.6 Å². The van der Waals surface area contributed by atoms with Gasteiger partial charge in [0.15, 0.2) is 0 Å². The van der Waals surface area contributed by atoms with E-state index in [0.29, 0.717) is 24.3 Å². The van der Waals surface area contributed by atoms with Crippen molar-refractivity contribution < 1.29 is 9.90 Å². The summed E-state index contributed by atoms with van der Waals surface area (Å²) in [6.07, 6.45) is 0.913. The van der Waals surface area contributed by atoms with Gasteiger partial charge >= 0.3 is 0 Å². The number of aryl methyl sites for hydroxylation is 1. The van der Waals surface area contributed by atoms with Gasteiger partial charge in [0.05, 0.1) is 5.69 Å². The molecule has 4 rings (SSSR count). The smallest absolute Gasteiger partial charge is 0.272 e. The second-order valence-corrected chi connectivity index (χ2v) is 7.24. The number of carbonyl (C=O) groups excluding carboxylic acids is 1. The quantitative estimate of drug-likeness (QED) is 0.761. The SMILES string of the molecule is Cc1cccc(CN2CCCN(C(=O)c3ccc4cccc(O)c4n3)CC2)n1. The zero-order valence-electron chi connectivity index (χ0n) is 16.0. The molecule has 1 aliphatic heterocycles. The molecule has 1 amide bonds. The van der Waals surface area contributed by atoms with E-state index >= 15 is 0 Å². The molecule has 1 saturated heterocycles. The van der Waals surface area contributed by atoms with Crippen LogP contribution in [0.4, 0.5) is 0 Å². The fourth-order valence-corrected chi connectivity index (χ4v) is 3.66. The summed E-state index contributed by atoms with van der Waals surface area (Å²) in [4.78, 5) is 26.2. The summed E-state index contributed by atoms with van der Waals surface area (Å²) in [5.74, 6) is 0.0144. The minimum absolute atomic E-state index is 0.0827. The summed E-state index contributed by atoms with van der Waals surface area (Å²) >= 11 is 0. The number of phenolic OH excluding ortho intramolecular Hbond substituents is 1. The van der Waals surface area contributed by atoms with Gasteiger partial charge in [-0.05, 0) is 37.6 Å². The van der Waals surface area contributed by atoms with Crippen LogP contribution in [0.1, 0.15) is 28.3 Å². The van der Waals surface area contributed by atoms with E-state index in [1.807, 2.05) is 42.2 Å². The molecule has 1 aromatic carbocycles. The van der Waals surface area contributed by atoms with Crippen LogP contribution in [0.2, 0.25) is 0 Å². The van der Waals surface area contributed by atoms with E-state index in [0.717, 1.165) is 42.8 Å². The molecule has 1 fully saturated rings. The van der Waals surface area contributed by atoms with Crippen molar-refractivity contribution in [2.24, 2.45) is 0 Å². The van der Waals surface area contributed by atoms with Crippen LogP contribution < -0.4 is 0 Å². The maximum absolute atomic E-state index is 13.0. The normalized spacial score (nSPS) is 15.5. The number of amides is 1. The van der Waals surface area contributed by atoms with Gasteiger partial charge in [-0.15, -0.1) is 0 Å². The number of benzene rings is 1. The summed E-state index contributed by atoms with van der Waals surface area (Å²) in [5, 5.41) is 10.9. The molecule has 0 atom stereocenters. The van der Waals surface area contributed by atoms with E-state index in [1.54, 1.807) is 18.2 Å². The first-order valence-corrected chi connectivity index (χ1v) is 9.63. The van der Waals surface area contributed by atoms with Gasteiger partial charge in [-0.25, -0.2) is 4.98 Å². The third-order valence-corrected chi connectivity index (χ3v) is 5.13. The number of pyridine rings is 2. The number of nitrogens with zero attached hydrogens (tertiary/aromatic N) is 4. The van der Waals surface area contributed by atoms with Crippen LogP contribution in [0.25, 0.3) is 10.9 Å². The highest BCUT2D eigenvalue weighted by atomic mass is 16.3. The number of para-hydroxylation sites is 1. The van der Waals surface area contributed by atoms with Crippen LogP contribution in [0.3, 0.4) is 0 Å². The molecular formula is C22H24N4O2. The second kappa shape index (κ2) is 7.94. The molecule has 3 aromatic rings. The van der Waals surface area contributed by atoms with Crippen LogP contribution in [0, 0.1) is 6.92 Å². The van der Waals surface area contributed by atoms with Gasteiger partial charge in [0.1, 0.15) is 17.0 Å². The Balaban J connectivity index is 1.45. The van der Waals surface area contributed by atoms with Gasteiger partial charge in [-0.3, -0.25) is 14.7 Å². The van der Waals surface area contributed by atoms with Gasteiger partial charge in [-0.2, -0.15) is 0 Å². The van der Waals surface area contributed by atoms with Crippen molar-refractivity contribution >= 4 is 16.8 Å². The Morgan fingerprint density at radius 2 is 1.86 bits per heavy atom. The highest BCUT2D eigenvalue weighted by Gasteiger charge is 2.22. The van der Waals surface area contributed by atoms with Gasteiger partial charge in [0.25, 0.3) is 5.91 Å². The first-order valence-electron chi connectivity index (χ1n) is 9.63. The molecule has 0 saturated carbocycles. The number of hydrogen-bond acceptors (Lipinski definition) is 5. The van der Waals surface area contributed by atoms with Crippen LogP contribution >= 0.6 is 0 Å². The molecule has 28 heavy (non-hydrogen) atoms. The largest absolute Gasteiger partial charge is 0.506 e. The molecule has 0 radical (unpaired) electrons. The predicted octanol–water partition coefficient (Wildman–Crippen LogP) is 2.99. The lowest BCUT2D eigenvalue weighted by molar-refractivity contribution is 0.0755. The minimum Gasteiger partial charge on any atom is -0.506 e. The van der Waals surface area contributed by atoms with Gasteiger partial charge in [0.2, 0.25) is 0 Å². The third-order valence-electron chi connectivity index (χ3n) is 5.13. The molecule has 1 aliphatic rings. The molecule has 2 aromatic heterocycles. The fourth-order valence-electron chi connectivity index (χ4n) is 3.66. The lowest BCUT2D eigenvalue weighted by Crippen LogP contribution is -2.35. The van der Waals surface area contributed by atoms with Crippen LogP contribution in [-0.4, -0.2) is 57.0 Å². The third kappa shape index (κ3) is 3.97. The molecule has 0 aliphatic carbocycles.